The molecule has 1 N–H and O–H groups in total. The number of halogens is 1. The highest BCUT2D eigenvalue weighted by molar-refractivity contribution is 14.1. The van der Waals surface area contributed by atoms with Crippen molar-refractivity contribution in [1.82, 2.24) is 0 Å². The summed E-state index contributed by atoms with van der Waals surface area (Å²) in [6.07, 6.45) is 5.95. The first kappa shape index (κ1) is 12.1. The Hall–Kier alpha value is -1.02. The molecule has 0 atom stereocenters. The Balaban J connectivity index is 2.68. The van der Waals surface area contributed by atoms with E-state index in [1.54, 1.807) is 0 Å². The van der Waals surface area contributed by atoms with Gasteiger partial charge in [-0.1, -0.05) is 6.07 Å². The lowest BCUT2D eigenvalue weighted by Crippen LogP contribution is -2.11. The fraction of sp³-hybridized carbons (Fsp3) is 0.250. The van der Waals surface area contributed by atoms with E-state index in [1.165, 1.54) is 0 Å². The van der Waals surface area contributed by atoms with Crippen LogP contribution in [0.4, 0.5) is 5.69 Å². The summed E-state index contributed by atoms with van der Waals surface area (Å²) < 4.78 is 1.10. The Labute approximate surface area is 104 Å². The molecular weight excluding hydrogens is 301 g/mol. The van der Waals surface area contributed by atoms with Gasteiger partial charge in [-0.25, -0.2) is 0 Å². The second-order valence-corrected chi connectivity index (χ2v) is 4.46. The number of terminal acetylenes is 1. The first-order valence-corrected chi connectivity index (χ1v) is 5.71. The molecule has 0 aromatic heterocycles. The largest absolute Gasteiger partial charge is 0.326 e. The number of rotatable bonds is 3. The van der Waals surface area contributed by atoms with Crippen LogP contribution >= 0.6 is 22.6 Å². The van der Waals surface area contributed by atoms with Crippen molar-refractivity contribution in [1.29, 1.82) is 0 Å². The van der Waals surface area contributed by atoms with E-state index in [2.05, 4.69) is 33.8 Å². The van der Waals surface area contributed by atoms with Gasteiger partial charge in [0.15, 0.2) is 0 Å². The maximum atomic E-state index is 11.4. The lowest BCUT2D eigenvalue weighted by molar-refractivity contribution is -0.116. The number of carbonyl (C=O) groups is 1. The van der Waals surface area contributed by atoms with Crippen molar-refractivity contribution in [2.75, 3.05) is 5.32 Å². The van der Waals surface area contributed by atoms with Crippen LogP contribution in [-0.2, 0) is 4.79 Å². The number of aryl methyl sites for hydroxylation is 1. The molecule has 1 amide bonds. The maximum Gasteiger partial charge on any atom is 0.225 e. The fourth-order valence-corrected chi connectivity index (χ4v) is 1.62. The smallest absolute Gasteiger partial charge is 0.225 e. The molecule has 0 saturated carbocycles. The van der Waals surface area contributed by atoms with E-state index in [0.29, 0.717) is 12.8 Å². The molecular formula is C12H12INO. The molecule has 1 rings (SSSR count). The van der Waals surface area contributed by atoms with E-state index >= 15 is 0 Å². The molecule has 15 heavy (non-hydrogen) atoms. The van der Waals surface area contributed by atoms with E-state index in [4.69, 9.17) is 6.42 Å². The minimum atomic E-state index is -0.0296. The van der Waals surface area contributed by atoms with Gasteiger partial charge in [-0.2, -0.15) is 0 Å². The van der Waals surface area contributed by atoms with Gasteiger partial charge in [0, 0.05) is 22.1 Å². The average Bonchev–Trinajstić information content (AvgIpc) is 2.20. The summed E-state index contributed by atoms with van der Waals surface area (Å²) in [6, 6.07) is 5.94. The van der Waals surface area contributed by atoms with Crippen molar-refractivity contribution in [2.24, 2.45) is 0 Å². The minimum absolute atomic E-state index is 0.0296. The molecule has 0 heterocycles. The summed E-state index contributed by atoms with van der Waals surface area (Å²) in [5.74, 6) is 2.42. The van der Waals surface area contributed by atoms with Crippen LogP contribution in [-0.4, -0.2) is 5.91 Å². The normalized spacial score (nSPS) is 9.40. The van der Waals surface area contributed by atoms with E-state index < -0.39 is 0 Å². The van der Waals surface area contributed by atoms with Gasteiger partial charge in [-0.3, -0.25) is 4.79 Å². The average molecular weight is 313 g/mol. The summed E-state index contributed by atoms with van der Waals surface area (Å²) in [4.78, 5) is 11.4. The Morgan fingerprint density at radius 1 is 1.60 bits per heavy atom. The van der Waals surface area contributed by atoms with Crippen molar-refractivity contribution in [3.05, 3.63) is 27.3 Å². The van der Waals surface area contributed by atoms with E-state index in [-0.39, 0.29) is 5.91 Å². The maximum absolute atomic E-state index is 11.4. The van der Waals surface area contributed by atoms with Crippen molar-refractivity contribution < 1.29 is 4.79 Å². The molecule has 1 aromatic carbocycles. The molecule has 3 heteroatoms. The lowest BCUT2D eigenvalue weighted by Gasteiger charge is -2.07. The fourth-order valence-electron chi connectivity index (χ4n) is 1.13. The molecule has 0 saturated heterocycles. The van der Waals surface area contributed by atoms with Gasteiger partial charge >= 0.3 is 0 Å². The number of hydrogen-bond acceptors (Lipinski definition) is 1. The lowest BCUT2D eigenvalue weighted by atomic mass is 10.2. The van der Waals surface area contributed by atoms with Gasteiger partial charge in [-0.15, -0.1) is 12.3 Å². The molecule has 0 aliphatic carbocycles. The second-order valence-electron chi connectivity index (χ2n) is 3.21. The van der Waals surface area contributed by atoms with Gasteiger partial charge in [0.05, 0.1) is 0 Å². The van der Waals surface area contributed by atoms with Crippen LogP contribution in [0.3, 0.4) is 0 Å². The van der Waals surface area contributed by atoms with Gasteiger partial charge in [-0.05, 0) is 47.2 Å². The predicted octanol–water partition coefficient (Wildman–Crippen LogP) is 2.95. The highest BCUT2D eigenvalue weighted by Gasteiger charge is 2.04. The van der Waals surface area contributed by atoms with Gasteiger partial charge in [0.2, 0.25) is 5.91 Å². The van der Waals surface area contributed by atoms with E-state index in [1.807, 2.05) is 25.1 Å². The molecule has 0 fully saturated rings. The summed E-state index contributed by atoms with van der Waals surface area (Å²) in [5, 5.41) is 2.85. The number of hydrogen-bond donors (Lipinski definition) is 1. The number of anilines is 1. The number of nitrogens with one attached hydrogen (secondary N) is 1. The van der Waals surface area contributed by atoms with Crippen LogP contribution in [0.1, 0.15) is 18.4 Å². The molecule has 0 bridgehead atoms. The molecule has 2 nitrogen and oxygen atoms in total. The summed E-state index contributed by atoms with van der Waals surface area (Å²) in [6.45, 7) is 1.97. The zero-order chi connectivity index (χ0) is 11.3. The molecule has 0 aliphatic heterocycles. The summed E-state index contributed by atoms with van der Waals surface area (Å²) in [5.41, 5.74) is 1.92. The Bertz CT molecular complexity index is 407. The van der Waals surface area contributed by atoms with Crippen LogP contribution in [0.25, 0.3) is 0 Å². The first-order chi connectivity index (χ1) is 7.13. The highest BCUT2D eigenvalue weighted by Crippen LogP contribution is 2.18. The number of amides is 1. The monoisotopic (exact) mass is 313 g/mol. The van der Waals surface area contributed by atoms with E-state index in [0.717, 1.165) is 14.8 Å². The molecule has 78 valence electrons. The van der Waals surface area contributed by atoms with Crippen LogP contribution in [0.2, 0.25) is 0 Å². The standard InChI is InChI=1S/C12H12INO/c1-3-4-5-12(15)14-11-8-10(13)7-6-9(11)2/h1,6-8H,4-5H2,2H3,(H,14,15). The van der Waals surface area contributed by atoms with Gasteiger partial charge < -0.3 is 5.32 Å². The SMILES string of the molecule is C#CCCC(=O)Nc1cc(I)ccc1C. The second kappa shape index (κ2) is 5.76. The van der Waals surface area contributed by atoms with Crippen LogP contribution < -0.4 is 5.32 Å². The van der Waals surface area contributed by atoms with Gasteiger partial charge in [0.25, 0.3) is 0 Å². The summed E-state index contributed by atoms with van der Waals surface area (Å²) in [7, 11) is 0. The Morgan fingerprint density at radius 3 is 3.00 bits per heavy atom. The van der Waals surface area contributed by atoms with Crippen LogP contribution in [0.5, 0.6) is 0 Å². The number of carbonyl (C=O) groups excluding carboxylic acids is 1. The topological polar surface area (TPSA) is 29.1 Å². The van der Waals surface area contributed by atoms with Crippen molar-refractivity contribution >= 4 is 34.2 Å². The molecule has 1 aromatic rings. The quantitative estimate of drug-likeness (QED) is 0.675. The van der Waals surface area contributed by atoms with Crippen molar-refractivity contribution in [3.8, 4) is 12.3 Å². The predicted molar refractivity (Wildman–Crippen MR) is 70.6 cm³/mol. The third-order valence-corrected chi connectivity index (χ3v) is 2.64. The molecule has 0 spiro atoms. The number of benzene rings is 1. The third-order valence-electron chi connectivity index (χ3n) is 1.97. The third kappa shape index (κ3) is 3.92. The molecule has 0 unspecified atom stereocenters. The van der Waals surface area contributed by atoms with Crippen LogP contribution in [0.15, 0.2) is 18.2 Å². The highest BCUT2D eigenvalue weighted by atomic mass is 127. The van der Waals surface area contributed by atoms with Crippen molar-refractivity contribution in [3.63, 3.8) is 0 Å². The van der Waals surface area contributed by atoms with E-state index in [9.17, 15) is 4.79 Å². The summed E-state index contributed by atoms with van der Waals surface area (Å²) >= 11 is 2.21. The van der Waals surface area contributed by atoms with Crippen LogP contribution in [0, 0.1) is 22.8 Å². The van der Waals surface area contributed by atoms with Crippen molar-refractivity contribution in [2.45, 2.75) is 19.8 Å². The molecule has 0 radical (unpaired) electrons. The Morgan fingerprint density at radius 2 is 2.33 bits per heavy atom. The molecule has 0 aliphatic rings. The first-order valence-electron chi connectivity index (χ1n) is 4.63. The minimum Gasteiger partial charge on any atom is -0.326 e. The Kier molecular flexibility index (Phi) is 4.63. The zero-order valence-electron chi connectivity index (χ0n) is 8.51. The zero-order valence-corrected chi connectivity index (χ0v) is 10.7. The van der Waals surface area contributed by atoms with Gasteiger partial charge in [0.1, 0.15) is 0 Å².